The number of H-pyrrole nitrogens is 1. The molecule has 0 atom stereocenters. The highest BCUT2D eigenvalue weighted by molar-refractivity contribution is 6.32. The van der Waals surface area contributed by atoms with Crippen molar-refractivity contribution in [1.82, 2.24) is 9.97 Å². The van der Waals surface area contributed by atoms with Gasteiger partial charge in [-0.05, 0) is 24.3 Å². The first-order chi connectivity index (χ1) is 7.66. The van der Waals surface area contributed by atoms with Gasteiger partial charge >= 0.3 is 0 Å². The predicted octanol–water partition coefficient (Wildman–Crippen LogP) is 2.31. The summed E-state index contributed by atoms with van der Waals surface area (Å²) in [5.41, 5.74) is 0.169. The van der Waals surface area contributed by atoms with E-state index in [1.165, 1.54) is 30.6 Å². The Balaban J connectivity index is 2.30. The number of nitrogens with zero attached hydrogens (tertiary/aromatic N) is 1. The lowest BCUT2D eigenvalue weighted by atomic mass is 10.3. The second-order valence-electron chi connectivity index (χ2n) is 3.03. The number of rotatable bonds is 2. The number of aromatic amines is 1. The van der Waals surface area contributed by atoms with Crippen LogP contribution in [-0.2, 0) is 0 Å². The molecule has 4 nitrogen and oxygen atoms in total. The topological polar surface area (TPSA) is 57.8 Å². The summed E-state index contributed by atoms with van der Waals surface area (Å²) in [6.07, 6.45) is 1.24. The molecule has 2 aromatic rings. The van der Waals surface area contributed by atoms with Gasteiger partial charge < -0.3 is 10.3 Å². The van der Waals surface area contributed by atoms with Gasteiger partial charge in [0.05, 0.1) is 6.33 Å². The van der Waals surface area contributed by atoms with Crippen molar-refractivity contribution in [3.63, 3.8) is 0 Å². The lowest BCUT2D eigenvalue weighted by Gasteiger charge is -2.05. The highest BCUT2D eigenvalue weighted by atomic mass is 35.5. The number of hydrogen-bond donors (Lipinski definition) is 2. The molecule has 0 aliphatic heterocycles. The molecule has 1 aromatic heterocycles. The minimum Gasteiger partial charge on any atom is -0.339 e. The van der Waals surface area contributed by atoms with Crippen LogP contribution in [0.25, 0.3) is 0 Å². The molecule has 82 valence electrons. The zero-order valence-electron chi connectivity index (χ0n) is 8.00. The van der Waals surface area contributed by atoms with Gasteiger partial charge in [0.1, 0.15) is 10.8 Å². The molecule has 0 saturated heterocycles. The average Bonchev–Trinajstić information content (AvgIpc) is 2.28. The predicted molar refractivity (Wildman–Crippen MR) is 59.6 cm³/mol. The van der Waals surface area contributed by atoms with Crippen LogP contribution in [0.4, 0.5) is 15.9 Å². The number of hydrogen-bond acceptors (Lipinski definition) is 3. The summed E-state index contributed by atoms with van der Waals surface area (Å²) in [6, 6.07) is 5.63. The van der Waals surface area contributed by atoms with E-state index in [1.54, 1.807) is 0 Å². The van der Waals surface area contributed by atoms with Gasteiger partial charge in [-0.2, -0.15) is 0 Å². The van der Waals surface area contributed by atoms with Crippen molar-refractivity contribution in [1.29, 1.82) is 0 Å². The zero-order valence-corrected chi connectivity index (χ0v) is 8.75. The van der Waals surface area contributed by atoms with E-state index in [1.807, 2.05) is 0 Å². The van der Waals surface area contributed by atoms with Gasteiger partial charge in [0.25, 0.3) is 5.56 Å². The number of halogens is 2. The lowest BCUT2D eigenvalue weighted by molar-refractivity contribution is 0.628. The van der Waals surface area contributed by atoms with Gasteiger partial charge in [-0.25, -0.2) is 9.37 Å². The SMILES string of the molecule is O=c1[nH]cnc(Nc2ccc(F)cc2)c1Cl. The van der Waals surface area contributed by atoms with Crippen LogP contribution in [0, 0.1) is 5.82 Å². The summed E-state index contributed by atoms with van der Waals surface area (Å²) in [6.45, 7) is 0. The summed E-state index contributed by atoms with van der Waals surface area (Å²) in [7, 11) is 0. The fourth-order valence-corrected chi connectivity index (χ4v) is 1.29. The minimum atomic E-state index is -0.429. The van der Waals surface area contributed by atoms with Crippen LogP contribution in [0.1, 0.15) is 0 Å². The minimum absolute atomic E-state index is 0.0353. The Morgan fingerprint density at radius 2 is 2.00 bits per heavy atom. The molecule has 6 heteroatoms. The van der Waals surface area contributed by atoms with Crippen molar-refractivity contribution in [2.24, 2.45) is 0 Å². The van der Waals surface area contributed by atoms with Crippen LogP contribution in [0.15, 0.2) is 35.4 Å². The van der Waals surface area contributed by atoms with Crippen LogP contribution >= 0.6 is 11.6 Å². The normalized spacial score (nSPS) is 10.1. The number of aromatic nitrogens is 2. The van der Waals surface area contributed by atoms with Crippen LogP contribution in [0.5, 0.6) is 0 Å². The van der Waals surface area contributed by atoms with E-state index in [9.17, 15) is 9.18 Å². The van der Waals surface area contributed by atoms with E-state index in [0.717, 1.165) is 0 Å². The van der Waals surface area contributed by atoms with E-state index in [0.29, 0.717) is 5.69 Å². The molecular formula is C10H7ClFN3O. The Morgan fingerprint density at radius 3 is 2.69 bits per heavy atom. The maximum Gasteiger partial charge on any atom is 0.271 e. The highest BCUT2D eigenvalue weighted by Gasteiger charge is 2.05. The number of anilines is 2. The van der Waals surface area contributed by atoms with Gasteiger partial charge in [0, 0.05) is 5.69 Å². The monoisotopic (exact) mass is 239 g/mol. The largest absolute Gasteiger partial charge is 0.339 e. The van der Waals surface area contributed by atoms with Crippen LogP contribution in [0.2, 0.25) is 5.02 Å². The molecule has 2 N–H and O–H groups in total. The fraction of sp³-hybridized carbons (Fsp3) is 0. The first-order valence-corrected chi connectivity index (χ1v) is 4.80. The molecule has 1 heterocycles. The van der Waals surface area contributed by atoms with Gasteiger partial charge in [0.2, 0.25) is 0 Å². The van der Waals surface area contributed by atoms with E-state index >= 15 is 0 Å². The molecule has 0 bridgehead atoms. The Kier molecular flexibility index (Phi) is 2.87. The van der Waals surface area contributed by atoms with Crippen molar-refractivity contribution >= 4 is 23.1 Å². The van der Waals surface area contributed by atoms with Crippen molar-refractivity contribution in [2.75, 3.05) is 5.32 Å². The van der Waals surface area contributed by atoms with E-state index in [-0.39, 0.29) is 16.7 Å². The summed E-state index contributed by atoms with van der Waals surface area (Å²) in [5.74, 6) is -0.104. The maximum atomic E-state index is 12.6. The fourth-order valence-electron chi connectivity index (χ4n) is 1.14. The van der Waals surface area contributed by atoms with Crippen LogP contribution < -0.4 is 10.9 Å². The summed E-state index contributed by atoms with van der Waals surface area (Å²) < 4.78 is 12.6. The molecule has 0 spiro atoms. The Labute approximate surface area is 95.1 Å². The van der Waals surface area contributed by atoms with Crippen molar-refractivity contribution in [3.8, 4) is 0 Å². The molecule has 16 heavy (non-hydrogen) atoms. The Hall–Kier alpha value is -1.88. The maximum absolute atomic E-state index is 12.6. The standard InChI is InChI=1S/C10H7ClFN3O/c11-8-9(13-5-14-10(8)16)15-7-3-1-6(12)2-4-7/h1-5H,(H2,13,14,15,16). The third-order valence-corrected chi connectivity index (χ3v) is 2.25. The average molecular weight is 240 g/mol. The second-order valence-corrected chi connectivity index (χ2v) is 3.40. The molecule has 0 radical (unpaired) electrons. The van der Waals surface area contributed by atoms with Crippen molar-refractivity contribution in [2.45, 2.75) is 0 Å². The molecule has 0 aliphatic carbocycles. The lowest BCUT2D eigenvalue weighted by Crippen LogP contribution is -2.09. The van der Waals surface area contributed by atoms with Gasteiger partial charge in [0.15, 0.2) is 5.82 Å². The van der Waals surface area contributed by atoms with Crippen molar-refractivity contribution in [3.05, 3.63) is 51.8 Å². The third-order valence-electron chi connectivity index (χ3n) is 1.90. The van der Waals surface area contributed by atoms with Crippen LogP contribution in [-0.4, -0.2) is 9.97 Å². The van der Waals surface area contributed by atoms with Crippen LogP contribution in [0.3, 0.4) is 0 Å². The molecule has 0 fully saturated rings. The Bertz CT molecular complexity index is 553. The highest BCUT2D eigenvalue weighted by Crippen LogP contribution is 2.18. The third kappa shape index (κ3) is 2.20. The zero-order chi connectivity index (χ0) is 11.5. The second kappa shape index (κ2) is 4.32. The molecule has 2 rings (SSSR count). The van der Waals surface area contributed by atoms with E-state index in [2.05, 4.69) is 15.3 Å². The number of nitrogens with one attached hydrogen (secondary N) is 2. The summed E-state index contributed by atoms with van der Waals surface area (Å²) >= 11 is 5.73. The van der Waals surface area contributed by atoms with Crippen molar-refractivity contribution < 1.29 is 4.39 Å². The van der Waals surface area contributed by atoms with Gasteiger partial charge in [-0.3, -0.25) is 4.79 Å². The molecule has 1 aromatic carbocycles. The summed E-state index contributed by atoms with van der Waals surface area (Å²) in [5, 5.41) is 2.78. The first kappa shape index (κ1) is 10.6. The quantitative estimate of drug-likeness (QED) is 0.846. The molecule has 0 unspecified atom stereocenters. The van der Waals surface area contributed by atoms with E-state index in [4.69, 9.17) is 11.6 Å². The number of benzene rings is 1. The first-order valence-electron chi connectivity index (χ1n) is 4.42. The van der Waals surface area contributed by atoms with Gasteiger partial charge in [-0.15, -0.1) is 0 Å². The van der Waals surface area contributed by atoms with Gasteiger partial charge in [-0.1, -0.05) is 11.6 Å². The molecule has 0 saturated carbocycles. The molecular weight excluding hydrogens is 233 g/mol. The Morgan fingerprint density at radius 1 is 1.31 bits per heavy atom. The van der Waals surface area contributed by atoms with E-state index < -0.39 is 5.56 Å². The summed E-state index contributed by atoms with van der Waals surface area (Å²) in [4.78, 5) is 17.4. The molecule has 0 amide bonds. The smallest absolute Gasteiger partial charge is 0.271 e. The molecule has 0 aliphatic rings.